The Morgan fingerprint density at radius 3 is 2.46 bits per heavy atom. The van der Waals surface area contributed by atoms with Crippen LogP contribution in [0.1, 0.15) is 59.4 Å². The number of ether oxygens (including phenoxy) is 1. The van der Waals surface area contributed by atoms with Gasteiger partial charge in [0.05, 0.1) is 0 Å². The average molecular weight is 390 g/mol. The van der Waals surface area contributed by atoms with E-state index in [0.29, 0.717) is 43.7 Å². The van der Waals surface area contributed by atoms with Gasteiger partial charge >= 0.3 is 6.09 Å². The molecule has 0 atom stereocenters. The minimum Gasteiger partial charge on any atom is -0.444 e. The van der Waals surface area contributed by atoms with Crippen LogP contribution >= 0.6 is 0 Å². The molecule has 0 N–H and O–H groups in total. The van der Waals surface area contributed by atoms with Gasteiger partial charge in [-0.25, -0.2) is 9.18 Å². The van der Waals surface area contributed by atoms with Gasteiger partial charge in [-0.2, -0.15) is 0 Å². The van der Waals surface area contributed by atoms with Gasteiger partial charge in [-0.1, -0.05) is 13.0 Å². The van der Waals surface area contributed by atoms with Crippen LogP contribution in [0.2, 0.25) is 0 Å². The van der Waals surface area contributed by atoms with Gasteiger partial charge in [-0.15, -0.1) is 0 Å². The van der Waals surface area contributed by atoms with E-state index in [1.165, 1.54) is 6.07 Å². The fraction of sp³-hybridized carbons (Fsp3) is 0.545. The lowest BCUT2D eigenvalue weighted by Gasteiger charge is -2.30. The SMILES string of the molecule is CCCC(=O)N(CC)c1ccc(C2=CCN(C(=O)OC(C)(C)C)CC2)c(F)c1. The van der Waals surface area contributed by atoms with Crippen LogP contribution in [-0.4, -0.2) is 42.1 Å². The highest BCUT2D eigenvalue weighted by molar-refractivity contribution is 5.93. The molecule has 2 rings (SSSR count). The fourth-order valence-corrected chi connectivity index (χ4v) is 3.19. The molecule has 0 aromatic heterocycles. The first-order chi connectivity index (χ1) is 13.2. The van der Waals surface area contributed by atoms with Gasteiger partial charge in [0.25, 0.3) is 0 Å². The summed E-state index contributed by atoms with van der Waals surface area (Å²) in [7, 11) is 0. The van der Waals surface area contributed by atoms with Gasteiger partial charge in [-0.3, -0.25) is 4.79 Å². The molecule has 0 saturated heterocycles. The van der Waals surface area contributed by atoms with E-state index in [9.17, 15) is 14.0 Å². The highest BCUT2D eigenvalue weighted by Gasteiger charge is 2.25. The standard InChI is InChI=1S/C22H31FN2O3/c1-6-8-20(26)25(7-2)17-9-10-18(19(23)15-17)16-11-13-24(14-12-16)21(27)28-22(3,4)5/h9-11,15H,6-8,12-14H2,1-5H3. The first kappa shape index (κ1) is 21.9. The van der Waals surface area contributed by atoms with Crippen molar-refractivity contribution in [2.45, 2.75) is 59.5 Å². The minimum atomic E-state index is -0.538. The maximum atomic E-state index is 14.8. The zero-order valence-electron chi connectivity index (χ0n) is 17.5. The summed E-state index contributed by atoms with van der Waals surface area (Å²) >= 11 is 0. The normalized spacial score (nSPS) is 14.5. The number of anilines is 1. The van der Waals surface area contributed by atoms with Crippen molar-refractivity contribution in [3.63, 3.8) is 0 Å². The van der Waals surface area contributed by atoms with E-state index >= 15 is 0 Å². The van der Waals surface area contributed by atoms with Crippen LogP contribution in [0.3, 0.4) is 0 Å². The molecule has 0 radical (unpaired) electrons. The van der Waals surface area contributed by atoms with Crippen LogP contribution in [0, 0.1) is 5.82 Å². The monoisotopic (exact) mass is 390 g/mol. The van der Waals surface area contributed by atoms with Gasteiger partial charge in [0, 0.05) is 37.3 Å². The zero-order chi connectivity index (χ0) is 20.9. The van der Waals surface area contributed by atoms with Gasteiger partial charge < -0.3 is 14.5 Å². The molecule has 0 spiro atoms. The van der Waals surface area contributed by atoms with Crippen molar-refractivity contribution in [1.82, 2.24) is 4.90 Å². The molecule has 6 heteroatoms. The van der Waals surface area contributed by atoms with Crippen LogP contribution in [0.15, 0.2) is 24.3 Å². The molecule has 1 aromatic rings. The van der Waals surface area contributed by atoms with Crippen LogP contribution in [0.25, 0.3) is 5.57 Å². The predicted octanol–water partition coefficient (Wildman–Crippen LogP) is 5.00. The van der Waals surface area contributed by atoms with Crippen molar-refractivity contribution in [2.24, 2.45) is 0 Å². The van der Waals surface area contributed by atoms with Crippen LogP contribution in [-0.2, 0) is 9.53 Å². The third kappa shape index (κ3) is 5.57. The van der Waals surface area contributed by atoms with Crippen LogP contribution in [0.5, 0.6) is 0 Å². The molecular formula is C22H31FN2O3. The van der Waals surface area contributed by atoms with E-state index in [4.69, 9.17) is 4.74 Å². The number of hydrogen-bond acceptors (Lipinski definition) is 3. The maximum absolute atomic E-state index is 14.8. The highest BCUT2D eigenvalue weighted by Crippen LogP contribution is 2.28. The lowest BCUT2D eigenvalue weighted by Crippen LogP contribution is -2.39. The lowest BCUT2D eigenvalue weighted by atomic mass is 9.98. The summed E-state index contributed by atoms with van der Waals surface area (Å²) < 4.78 is 20.2. The number of hydrogen-bond donors (Lipinski definition) is 0. The molecule has 5 nitrogen and oxygen atoms in total. The molecule has 0 bridgehead atoms. The summed E-state index contributed by atoms with van der Waals surface area (Å²) in [6, 6.07) is 4.94. The van der Waals surface area contributed by atoms with Crippen molar-refractivity contribution in [1.29, 1.82) is 0 Å². The molecule has 1 heterocycles. The molecule has 1 aliphatic rings. The van der Waals surface area contributed by atoms with E-state index in [0.717, 1.165) is 12.0 Å². The Morgan fingerprint density at radius 2 is 1.96 bits per heavy atom. The number of nitrogens with zero attached hydrogens (tertiary/aromatic N) is 2. The summed E-state index contributed by atoms with van der Waals surface area (Å²) in [6.07, 6.45) is 3.28. The Bertz CT molecular complexity index is 753. The summed E-state index contributed by atoms with van der Waals surface area (Å²) in [5, 5.41) is 0. The molecule has 1 aliphatic heterocycles. The third-order valence-electron chi connectivity index (χ3n) is 4.55. The topological polar surface area (TPSA) is 49.9 Å². The van der Waals surface area contributed by atoms with Crippen molar-refractivity contribution < 1.29 is 18.7 Å². The number of carbonyl (C=O) groups excluding carboxylic acids is 2. The molecule has 0 saturated carbocycles. The van der Waals surface area contributed by atoms with E-state index in [1.807, 2.05) is 40.7 Å². The number of benzene rings is 1. The predicted molar refractivity (Wildman–Crippen MR) is 110 cm³/mol. The number of halogens is 1. The van der Waals surface area contributed by atoms with Crippen LogP contribution < -0.4 is 4.90 Å². The quantitative estimate of drug-likeness (QED) is 0.711. The van der Waals surface area contributed by atoms with Gasteiger partial charge in [0.2, 0.25) is 5.91 Å². The summed E-state index contributed by atoms with van der Waals surface area (Å²) in [6.45, 7) is 10.7. The lowest BCUT2D eigenvalue weighted by molar-refractivity contribution is -0.118. The average Bonchev–Trinajstić information content (AvgIpc) is 2.61. The smallest absolute Gasteiger partial charge is 0.410 e. The van der Waals surface area contributed by atoms with E-state index in [-0.39, 0.29) is 17.8 Å². The molecule has 2 amide bonds. The second-order valence-electron chi connectivity index (χ2n) is 7.96. The van der Waals surface area contributed by atoms with Gasteiger partial charge in [0.15, 0.2) is 0 Å². The number of amides is 2. The Morgan fingerprint density at radius 1 is 1.25 bits per heavy atom. The number of carbonyl (C=O) groups is 2. The van der Waals surface area contributed by atoms with Crippen molar-refractivity contribution in [3.05, 3.63) is 35.7 Å². The highest BCUT2D eigenvalue weighted by atomic mass is 19.1. The Kier molecular flexibility index (Phi) is 7.22. The fourth-order valence-electron chi connectivity index (χ4n) is 3.19. The van der Waals surface area contributed by atoms with Crippen molar-refractivity contribution >= 4 is 23.3 Å². The van der Waals surface area contributed by atoms with Gasteiger partial charge in [-0.05, 0) is 64.3 Å². The molecule has 154 valence electrons. The largest absolute Gasteiger partial charge is 0.444 e. The Hall–Kier alpha value is -2.37. The first-order valence-corrected chi connectivity index (χ1v) is 9.93. The maximum Gasteiger partial charge on any atom is 0.410 e. The van der Waals surface area contributed by atoms with Crippen LogP contribution in [0.4, 0.5) is 14.9 Å². The van der Waals surface area contributed by atoms with Crippen molar-refractivity contribution in [2.75, 3.05) is 24.5 Å². The summed E-state index contributed by atoms with van der Waals surface area (Å²) in [5.74, 6) is -0.348. The Labute approximate surface area is 167 Å². The molecular weight excluding hydrogens is 359 g/mol. The first-order valence-electron chi connectivity index (χ1n) is 9.93. The molecule has 28 heavy (non-hydrogen) atoms. The minimum absolute atomic E-state index is 0.00188. The second-order valence-corrected chi connectivity index (χ2v) is 7.96. The summed E-state index contributed by atoms with van der Waals surface area (Å²) in [5.41, 5.74) is 1.43. The third-order valence-corrected chi connectivity index (χ3v) is 4.55. The second kappa shape index (κ2) is 9.22. The molecule has 0 fully saturated rings. The molecule has 0 unspecified atom stereocenters. The Balaban J connectivity index is 2.12. The van der Waals surface area contributed by atoms with Gasteiger partial charge in [0.1, 0.15) is 11.4 Å². The van der Waals surface area contributed by atoms with E-state index < -0.39 is 5.60 Å². The zero-order valence-corrected chi connectivity index (χ0v) is 17.5. The molecule has 0 aliphatic carbocycles. The van der Waals surface area contributed by atoms with E-state index in [1.54, 1.807) is 21.9 Å². The number of rotatable bonds is 5. The summed E-state index contributed by atoms with van der Waals surface area (Å²) in [4.78, 5) is 27.6. The van der Waals surface area contributed by atoms with E-state index in [2.05, 4.69) is 0 Å². The van der Waals surface area contributed by atoms with Crippen molar-refractivity contribution in [3.8, 4) is 0 Å². The molecule has 1 aromatic carbocycles.